The van der Waals surface area contributed by atoms with Crippen molar-refractivity contribution in [2.45, 2.75) is 26.7 Å². The molecule has 2 aromatic carbocycles. The first-order chi connectivity index (χ1) is 18.7. The van der Waals surface area contributed by atoms with E-state index in [0.29, 0.717) is 28.9 Å². The smallest absolute Gasteiger partial charge is 0.269 e. The fourth-order valence-electron chi connectivity index (χ4n) is 4.03. The molecule has 16 heteroatoms. The van der Waals surface area contributed by atoms with Crippen LogP contribution < -0.4 is 0 Å². The van der Waals surface area contributed by atoms with Crippen LogP contribution in [-0.4, -0.2) is 55.6 Å². The topological polar surface area (TPSA) is 144 Å². The Kier molecular flexibility index (Phi) is 10.1. The Labute approximate surface area is 240 Å². The quantitative estimate of drug-likeness (QED) is 0.206. The molecule has 2 aromatic heterocycles. The maximum absolute atomic E-state index is 13.0. The van der Waals surface area contributed by atoms with E-state index < -0.39 is 32.2 Å². The summed E-state index contributed by atoms with van der Waals surface area (Å²) < 4.78 is 91.9. The number of hydrogen-bond donors (Lipinski definition) is 2. The third kappa shape index (κ3) is 7.25. The molecule has 0 bridgehead atoms. The van der Waals surface area contributed by atoms with Crippen LogP contribution in [0.15, 0.2) is 48.5 Å². The maximum atomic E-state index is 13.0. The number of aryl methyl sites for hydroxylation is 3. The molecular formula is C24H24Cl2F2N4O6S2. The van der Waals surface area contributed by atoms with Crippen molar-refractivity contribution in [3.8, 4) is 22.5 Å². The lowest BCUT2D eigenvalue weighted by Crippen LogP contribution is -2.16. The highest BCUT2D eigenvalue weighted by Gasteiger charge is 2.24. The fourth-order valence-corrected chi connectivity index (χ4v) is 6.03. The molecular weight excluding hydrogens is 613 g/mol. The average Bonchev–Trinajstić information content (AvgIpc) is 3.37. The van der Waals surface area contributed by atoms with Gasteiger partial charge in [-0.25, -0.2) is 26.7 Å². The van der Waals surface area contributed by atoms with Gasteiger partial charge in [0.25, 0.3) is 0 Å². The van der Waals surface area contributed by atoms with E-state index in [0.717, 1.165) is 7.94 Å². The van der Waals surface area contributed by atoms with E-state index in [4.69, 9.17) is 23.2 Å². The molecule has 216 valence electrons. The summed E-state index contributed by atoms with van der Waals surface area (Å²) in [6.45, 7) is 2.91. The van der Waals surface area contributed by atoms with Crippen LogP contribution >= 0.6 is 23.2 Å². The molecule has 0 atom stereocenters. The molecule has 0 fully saturated rings. The van der Waals surface area contributed by atoms with Crippen LogP contribution in [-0.2, 0) is 33.4 Å². The molecule has 4 rings (SSSR count). The highest BCUT2D eigenvalue weighted by atomic mass is 35.5. The van der Waals surface area contributed by atoms with Gasteiger partial charge in [0, 0.05) is 35.7 Å². The van der Waals surface area contributed by atoms with Crippen molar-refractivity contribution in [3.63, 3.8) is 0 Å². The van der Waals surface area contributed by atoms with Crippen molar-refractivity contribution in [1.82, 2.24) is 17.9 Å². The Morgan fingerprint density at radius 2 is 1.18 bits per heavy atom. The van der Waals surface area contributed by atoms with Gasteiger partial charge in [-0.05, 0) is 62.4 Å². The monoisotopic (exact) mass is 636 g/mol. The van der Waals surface area contributed by atoms with E-state index in [2.05, 4.69) is 9.97 Å². The number of aromatic nitrogens is 4. The van der Waals surface area contributed by atoms with Crippen LogP contribution in [0.1, 0.15) is 23.0 Å². The summed E-state index contributed by atoms with van der Waals surface area (Å²) in [6.07, 6.45) is 0.534. The Bertz CT molecular complexity index is 1710. The summed E-state index contributed by atoms with van der Waals surface area (Å²) in [5, 5.41) is 0. The molecule has 40 heavy (non-hydrogen) atoms. The van der Waals surface area contributed by atoms with Gasteiger partial charge < -0.3 is 0 Å². The van der Waals surface area contributed by atoms with Gasteiger partial charge in [0.15, 0.2) is 0 Å². The van der Waals surface area contributed by atoms with Gasteiger partial charge in [0.1, 0.15) is 23.3 Å². The van der Waals surface area contributed by atoms with Gasteiger partial charge >= 0.3 is 20.6 Å². The summed E-state index contributed by atoms with van der Waals surface area (Å²) >= 11 is 11.3. The van der Waals surface area contributed by atoms with Gasteiger partial charge in [-0.2, -0.15) is 16.8 Å². The van der Waals surface area contributed by atoms with E-state index in [1.165, 1.54) is 62.4 Å². The van der Waals surface area contributed by atoms with E-state index in [9.17, 15) is 34.7 Å². The predicted octanol–water partition coefficient (Wildman–Crippen LogP) is 4.86. The minimum Gasteiger partial charge on any atom is -0.269 e. The molecule has 0 radical (unpaired) electrons. The Morgan fingerprint density at radius 1 is 0.725 bits per heavy atom. The molecule has 0 spiro atoms. The first kappa shape index (κ1) is 31.6. The zero-order chi connectivity index (χ0) is 29.8. The number of rotatable bonds is 8. The summed E-state index contributed by atoms with van der Waals surface area (Å²) in [5.41, 5.74) is 2.25. The van der Waals surface area contributed by atoms with Crippen LogP contribution in [0.2, 0.25) is 0 Å². The fraction of sp³-hybridized carbons (Fsp3) is 0.250. The lowest BCUT2D eigenvalue weighted by atomic mass is 10.1. The maximum Gasteiger partial charge on any atom is 0.365 e. The van der Waals surface area contributed by atoms with Gasteiger partial charge in [0.2, 0.25) is 0 Å². The van der Waals surface area contributed by atoms with E-state index in [1.807, 2.05) is 0 Å². The predicted molar refractivity (Wildman–Crippen MR) is 147 cm³/mol. The normalized spacial score (nSPS) is 11.8. The SMILES string of the molecule is Cc1nc(-c2ccc(F)cc2)c(CCCl)n1S(=O)(=O)O.Cc1nc(CCCl)c(-c2ccc(F)cc2)n1S(=O)(=O)O. The highest BCUT2D eigenvalue weighted by molar-refractivity contribution is 7.84. The minimum absolute atomic E-state index is 0.118. The molecule has 0 amide bonds. The summed E-state index contributed by atoms with van der Waals surface area (Å²) in [7, 11) is -8.96. The van der Waals surface area contributed by atoms with Crippen LogP contribution in [0.25, 0.3) is 22.5 Å². The van der Waals surface area contributed by atoms with Crippen LogP contribution in [0.4, 0.5) is 8.78 Å². The van der Waals surface area contributed by atoms with Crippen LogP contribution in [0.5, 0.6) is 0 Å². The van der Waals surface area contributed by atoms with Crippen molar-refractivity contribution in [2.24, 2.45) is 0 Å². The number of alkyl halides is 2. The molecule has 0 aliphatic heterocycles. The summed E-state index contributed by atoms with van der Waals surface area (Å²) in [6, 6.07) is 10.7. The van der Waals surface area contributed by atoms with Crippen molar-refractivity contribution in [1.29, 1.82) is 0 Å². The Morgan fingerprint density at radius 3 is 1.62 bits per heavy atom. The van der Waals surface area contributed by atoms with Gasteiger partial charge in [-0.1, -0.05) is 0 Å². The molecule has 0 saturated carbocycles. The van der Waals surface area contributed by atoms with E-state index in [-0.39, 0.29) is 41.2 Å². The Hall–Kier alpha value is -2.88. The molecule has 0 unspecified atom stereocenters. The largest absolute Gasteiger partial charge is 0.365 e. The standard InChI is InChI=1S/2C12H12ClFN2O3S/c1-8-15-12(9-2-4-10(14)5-3-9)11(6-7-13)16(8)20(17,18)19;1-8-15-11(6-7-13)12(16(8)20(17,18)19)9-2-4-10(14)5-3-9/h2*2-5H,6-7H2,1H3,(H,17,18,19). The van der Waals surface area contributed by atoms with Crippen LogP contribution in [0, 0.1) is 25.5 Å². The van der Waals surface area contributed by atoms with Crippen molar-refractivity contribution in [2.75, 3.05) is 11.8 Å². The highest BCUT2D eigenvalue weighted by Crippen LogP contribution is 2.28. The van der Waals surface area contributed by atoms with Crippen molar-refractivity contribution < 1.29 is 34.7 Å². The molecule has 2 N–H and O–H groups in total. The molecule has 0 saturated heterocycles. The van der Waals surface area contributed by atoms with Gasteiger partial charge in [-0.15, -0.1) is 23.2 Å². The zero-order valence-corrected chi connectivity index (χ0v) is 24.2. The second-order valence-electron chi connectivity index (χ2n) is 8.28. The van der Waals surface area contributed by atoms with E-state index >= 15 is 0 Å². The minimum atomic E-state index is -4.50. The second-order valence-corrected chi connectivity index (χ2v) is 11.6. The molecule has 0 aliphatic rings. The molecule has 4 aromatic rings. The number of benzene rings is 2. The molecule has 10 nitrogen and oxygen atoms in total. The molecule has 2 heterocycles. The zero-order valence-electron chi connectivity index (χ0n) is 21.1. The lowest BCUT2D eigenvalue weighted by Gasteiger charge is -2.08. The average molecular weight is 638 g/mol. The number of nitrogens with zero attached hydrogens (tertiary/aromatic N) is 4. The third-order valence-corrected chi connectivity index (χ3v) is 7.74. The number of imidazole rings is 2. The van der Waals surface area contributed by atoms with E-state index in [1.54, 1.807) is 0 Å². The van der Waals surface area contributed by atoms with Gasteiger partial charge in [-0.3, -0.25) is 9.11 Å². The lowest BCUT2D eigenvalue weighted by molar-refractivity contribution is 0.468. The third-order valence-electron chi connectivity index (χ3n) is 5.51. The van der Waals surface area contributed by atoms with Crippen molar-refractivity contribution in [3.05, 3.63) is 83.2 Å². The first-order valence-corrected chi connectivity index (χ1v) is 15.3. The number of hydrogen-bond acceptors (Lipinski definition) is 6. The van der Waals surface area contributed by atoms with Gasteiger partial charge in [0.05, 0.1) is 22.8 Å². The number of halogens is 4. The first-order valence-electron chi connectivity index (χ1n) is 11.4. The van der Waals surface area contributed by atoms with Crippen molar-refractivity contribution >= 4 is 43.8 Å². The summed E-state index contributed by atoms with van der Waals surface area (Å²) in [5.74, 6) is -0.204. The Balaban J connectivity index is 0.000000220. The second kappa shape index (κ2) is 12.7. The van der Waals surface area contributed by atoms with Crippen LogP contribution in [0.3, 0.4) is 0 Å². The summed E-state index contributed by atoms with van der Waals surface area (Å²) in [4.78, 5) is 8.25. The molecule has 0 aliphatic carbocycles.